The minimum Gasteiger partial charge on any atom is -0.457 e. The number of para-hydroxylation sites is 2. The Morgan fingerprint density at radius 1 is 0.683 bits per heavy atom. The monoisotopic (exact) mass is 527 g/mol. The highest BCUT2D eigenvalue weighted by atomic mass is 16.5. The molecule has 196 valence electrons. The molecule has 0 fully saturated rings. The van der Waals surface area contributed by atoms with Gasteiger partial charge in [-0.3, -0.25) is 0 Å². The van der Waals surface area contributed by atoms with Gasteiger partial charge in [0.15, 0.2) is 0 Å². The van der Waals surface area contributed by atoms with Gasteiger partial charge in [-0.15, -0.1) is 0 Å². The van der Waals surface area contributed by atoms with Gasteiger partial charge in [0.25, 0.3) is 0 Å². The lowest BCUT2D eigenvalue weighted by molar-refractivity contribution is 0.427. The Balaban J connectivity index is 1.45. The Morgan fingerprint density at radius 2 is 1.29 bits per heavy atom. The number of nitrogens with zero attached hydrogens (tertiary/aromatic N) is 1. The van der Waals surface area contributed by atoms with Gasteiger partial charge in [0.2, 0.25) is 0 Å². The van der Waals surface area contributed by atoms with E-state index in [1.54, 1.807) is 0 Å². The summed E-state index contributed by atoms with van der Waals surface area (Å²) in [5.41, 5.74) is 9.67. The molecule has 1 aliphatic carbocycles. The molecule has 5 aromatic rings. The Morgan fingerprint density at radius 3 is 2.00 bits per heavy atom. The molecule has 0 bridgehead atoms. The summed E-state index contributed by atoms with van der Waals surface area (Å²) in [7, 11) is 0. The van der Waals surface area contributed by atoms with E-state index in [4.69, 9.17) is 4.74 Å². The average molecular weight is 528 g/mol. The van der Waals surface area contributed by atoms with Crippen LogP contribution in [0.4, 0.5) is 0 Å². The van der Waals surface area contributed by atoms with Crippen LogP contribution in [0, 0.1) is 17.2 Å². The highest BCUT2D eigenvalue weighted by Crippen LogP contribution is 2.57. The highest BCUT2D eigenvalue weighted by molar-refractivity contribution is 5.82. The number of nitriles is 1. The summed E-state index contributed by atoms with van der Waals surface area (Å²) >= 11 is 0. The maximum atomic E-state index is 9.43. The lowest BCUT2D eigenvalue weighted by atomic mass is 9.60. The zero-order chi connectivity index (χ0) is 27.8. The molecule has 41 heavy (non-hydrogen) atoms. The Labute approximate surface area is 241 Å². The van der Waals surface area contributed by atoms with Crippen molar-refractivity contribution in [3.63, 3.8) is 0 Å². The van der Waals surface area contributed by atoms with Crippen LogP contribution in [0.15, 0.2) is 145 Å². The van der Waals surface area contributed by atoms with E-state index < -0.39 is 5.41 Å². The van der Waals surface area contributed by atoms with Crippen molar-refractivity contribution in [3.8, 4) is 28.7 Å². The molecule has 0 spiro atoms. The van der Waals surface area contributed by atoms with Gasteiger partial charge in [0.1, 0.15) is 11.5 Å². The molecule has 7 rings (SSSR count). The smallest absolute Gasteiger partial charge is 0.132 e. The first-order valence-corrected chi connectivity index (χ1v) is 14.1. The van der Waals surface area contributed by atoms with Gasteiger partial charge in [0.05, 0.1) is 17.0 Å². The van der Waals surface area contributed by atoms with E-state index in [9.17, 15) is 5.26 Å². The molecule has 1 unspecified atom stereocenters. The first kappa shape index (κ1) is 24.9. The normalized spacial score (nSPS) is 16.7. The first-order valence-electron chi connectivity index (χ1n) is 14.1. The summed E-state index contributed by atoms with van der Waals surface area (Å²) in [6, 6.07) is 46.6. The molecule has 2 nitrogen and oxygen atoms in total. The van der Waals surface area contributed by atoms with Crippen molar-refractivity contribution in [2.45, 2.75) is 18.8 Å². The number of rotatable bonds is 4. The fourth-order valence-corrected chi connectivity index (χ4v) is 6.62. The van der Waals surface area contributed by atoms with Crippen LogP contribution in [0.3, 0.4) is 0 Å². The average Bonchev–Trinajstić information content (AvgIpc) is 3.04. The molecule has 2 heteroatoms. The molecule has 0 aromatic heterocycles. The standard InChI is InChI=1S/C39H29NO/c1-27-21-32(31-14-10-13-30(24-31)29-12-9-11-28(23-29)26-40)25-34(22-27)39(33-15-3-2-4-16-33)35-17-5-7-19-37(35)41-38-20-8-6-18-36(38)39/h2-21,23-25,27H,22H2,1H3. The fraction of sp³-hybridized carbons (Fsp3) is 0.103. The van der Waals surface area contributed by atoms with Crippen LogP contribution >= 0.6 is 0 Å². The second-order valence-corrected chi connectivity index (χ2v) is 11.0. The lowest BCUT2D eigenvalue weighted by Crippen LogP contribution is -2.36. The van der Waals surface area contributed by atoms with Crippen LogP contribution in [-0.2, 0) is 5.41 Å². The quantitative estimate of drug-likeness (QED) is 0.233. The maximum Gasteiger partial charge on any atom is 0.132 e. The third-order valence-corrected chi connectivity index (χ3v) is 8.35. The Kier molecular flexibility index (Phi) is 6.14. The highest BCUT2D eigenvalue weighted by Gasteiger charge is 2.47. The van der Waals surface area contributed by atoms with E-state index >= 15 is 0 Å². The number of allylic oxidation sites excluding steroid dienone is 4. The number of benzene rings is 5. The van der Waals surface area contributed by atoms with Gasteiger partial charge < -0.3 is 4.74 Å². The second-order valence-electron chi connectivity index (χ2n) is 11.0. The summed E-state index contributed by atoms with van der Waals surface area (Å²) in [5.74, 6) is 2.15. The molecule has 1 atom stereocenters. The van der Waals surface area contributed by atoms with E-state index in [-0.39, 0.29) is 0 Å². The Bertz CT molecular complexity index is 1830. The van der Waals surface area contributed by atoms with Crippen molar-refractivity contribution in [2.75, 3.05) is 0 Å². The van der Waals surface area contributed by atoms with Crippen LogP contribution < -0.4 is 4.74 Å². The van der Waals surface area contributed by atoms with Crippen molar-refractivity contribution in [2.24, 2.45) is 5.92 Å². The predicted octanol–water partition coefficient (Wildman–Crippen LogP) is 9.72. The van der Waals surface area contributed by atoms with E-state index in [0.29, 0.717) is 11.5 Å². The zero-order valence-corrected chi connectivity index (χ0v) is 22.9. The molecule has 0 amide bonds. The molecule has 0 radical (unpaired) electrons. The van der Waals surface area contributed by atoms with Gasteiger partial charge in [-0.2, -0.15) is 5.26 Å². The maximum absolute atomic E-state index is 9.43. The molecule has 2 aliphatic rings. The molecular formula is C39H29NO. The largest absolute Gasteiger partial charge is 0.457 e. The zero-order valence-electron chi connectivity index (χ0n) is 22.9. The minimum atomic E-state index is -0.487. The predicted molar refractivity (Wildman–Crippen MR) is 166 cm³/mol. The van der Waals surface area contributed by atoms with Gasteiger partial charge in [-0.05, 0) is 76.1 Å². The number of ether oxygens (including phenoxy) is 1. The van der Waals surface area contributed by atoms with Gasteiger partial charge >= 0.3 is 0 Å². The third kappa shape index (κ3) is 4.19. The van der Waals surface area contributed by atoms with E-state index in [0.717, 1.165) is 29.0 Å². The minimum absolute atomic E-state index is 0.346. The summed E-state index contributed by atoms with van der Waals surface area (Å²) in [6.45, 7) is 2.31. The number of fused-ring (bicyclic) bond motifs is 2. The van der Waals surface area contributed by atoms with E-state index in [1.165, 1.54) is 33.4 Å². The number of hydrogen-bond donors (Lipinski definition) is 0. The molecule has 0 saturated carbocycles. The summed E-state index contributed by atoms with van der Waals surface area (Å²) < 4.78 is 6.50. The van der Waals surface area contributed by atoms with Crippen LogP contribution in [0.5, 0.6) is 11.5 Å². The van der Waals surface area contributed by atoms with Crippen molar-refractivity contribution in [1.29, 1.82) is 5.26 Å². The van der Waals surface area contributed by atoms with Crippen molar-refractivity contribution in [3.05, 3.63) is 173 Å². The number of hydrogen-bond acceptors (Lipinski definition) is 2. The third-order valence-electron chi connectivity index (χ3n) is 8.35. The van der Waals surface area contributed by atoms with E-state index in [1.807, 2.05) is 18.2 Å². The van der Waals surface area contributed by atoms with Crippen molar-refractivity contribution in [1.82, 2.24) is 0 Å². The van der Waals surface area contributed by atoms with Crippen LogP contribution in [0.25, 0.3) is 16.7 Å². The SMILES string of the molecule is CC1C=C(c2cccc(-c3cccc(C#N)c3)c2)C=C(C2(c3ccccc3)c3ccccc3Oc3ccccc32)C1. The topological polar surface area (TPSA) is 33.0 Å². The molecule has 0 saturated heterocycles. The van der Waals surface area contributed by atoms with Crippen molar-refractivity contribution >= 4 is 5.57 Å². The molecule has 0 N–H and O–H groups in total. The van der Waals surface area contributed by atoms with Gasteiger partial charge in [-0.25, -0.2) is 0 Å². The van der Waals surface area contributed by atoms with Gasteiger partial charge in [-0.1, -0.05) is 116 Å². The van der Waals surface area contributed by atoms with Crippen molar-refractivity contribution < 1.29 is 4.74 Å². The van der Waals surface area contributed by atoms with Crippen LogP contribution in [0.2, 0.25) is 0 Å². The molecule has 5 aromatic carbocycles. The van der Waals surface area contributed by atoms with Crippen LogP contribution in [0.1, 0.15) is 41.2 Å². The lowest BCUT2D eigenvalue weighted by Gasteiger charge is -2.44. The fourth-order valence-electron chi connectivity index (χ4n) is 6.62. The molecule has 1 heterocycles. The van der Waals surface area contributed by atoms with Crippen LogP contribution in [-0.4, -0.2) is 0 Å². The molecule has 1 aliphatic heterocycles. The summed E-state index contributed by atoms with van der Waals surface area (Å²) in [5, 5.41) is 9.43. The Hall–Kier alpha value is -5.13. The second kappa shape index (κ2) is 10.1. The summed E-state index contributed by atoms with van der Waals surface area (Å²) in [4.78, 5) is 0. The first-order chi connectivity index (χ1) is 20.2. The van der Waals surface area contributed by atoms with Gasteiger partial charge in [0, 0.05) is 11.1 Å². The van der Waals surface area contributed by atoms with E-state index in [2.05, 4.69) is 134 Å². The summed E-state index contributed by atoms with van der Waals surface area (Å²) in [6.07, 6.45) is 5.74. The molecular weight excluding hydrogens is 498 g/mol.